The van der Waals surface area contributed by atoms with E-state index in [-0.39, 0.29) is 23.1 Å². The highest BCUT2D eigenvalue weighted by atomic mass is 28.3. The van der Waals surface area contributed by atoms with Crippen LogP contribution < -0.4 is 0 Å². The first-order valence-corrected chi connectivity index (χ1v) is 11.0. The molecule has 0 saturated carbocycles. The van der Waals surface area contributed by atoms with Crippen molar-refractivity contribution in [3.8, 4) is 11.8 Å². The van der Waals surface area contributed by atoms with Crippen molar-refractivity contribution in [2.24, 2.45) is 0 Å². The number of hydrogen-bond donors (Lipinski definition) is 2. The summed E-state index contributed by atoms with van der Waals surface area (Å²) in [5.41, 5.74) is 1.78. The van der Waals surface area contributed by atoms with Gasteiger partial charge in [-0.2, -0.15) is 0 Å². The third-order valence-corrected chi connectivity index (χ3v) is 12.8. The van der Waals surface area contributed by atoms with Gasteiger partial charge in [-0.15, -0.1) is 6.58 Å². The molecule has 3 rings (SSSR count). The number of nitrogens with zero attached hydrogens (tertiary/aromatic N) is 1. The zero-order chi connectivity index (χ0) is 16.1. The predicted molar refractivity (Wildman–Crippen MR) is 90.2 cm³/mol. The number of aromatic nitrogens is 1. The molecule has 122 valence electrons. The number of ether oxygens (including phenoxy) is 1. The maximum Gasteiger partial charge on any atom is 0.197 e. The van der Waals surface area contributed by atoms with Crippen molar-refractivity contribution in [3.63, 3.8) is 0 Å². The van der Waals surface area contributed by atoms with Gasteiger partial charge in [0.15, 0.2) is 11.8 Å². The molecule has 1 aliphatic carbocycles. The molecular formula is C17H27NO3Si. The normalized spacial score (nSPS) is 26.4. The number of epoxide rings is 1. The highest BCUT2D eigenvalue weighted by Crippen LogP contribution is 2.58. The van der Waals surface area contributed by atoms with Gasteiger partial charge in [0.2, 0.25) is 0 Å². The third-order valence-electron chi connectivity index (χ3n) is 6.30. The van der Waals surface area contributed by atoms with Crippen molar-refractivity contribution in [1.29, 1.82) is 0 Å². The summed E-state index contributed by atoms with van der Waals surface area (Å²) in [4.78, 5) is 0. The Hall–Kier alpha value is -1.20. The molecule has 22 heavy (non-hydrogen) atoms. The lowest BCUT2D eigenvalue weighted by atomic mass is 9.94. The summed E-state index contributed by atoms with van der Waals surface area (Å²) in [6.07, 6.45) is 3.42. The van der Waals surface area contributed by atoms with E-state index in [0.717, 1.165) is 24.0 Å². The van der Waals surface area contributed by atoms with Crippen molar-refractivity contribution in [2.45, 2.75) is 69.6 Å². The van der Waals surface area contributed by atoms with E-state index < -0.39 is 8.07 Å². The summed E-state index contributed by atoms with van der Waals surface area (Å²) in [6, 6.07) is 3.64. The summed E-state index contributed by atoms with van der Waals surface area (Å²) < 4.78 is 7.82. The zero-order valence-electron chi connectivity index (χ0n) is 13.9. The van der Waals surface area contributed by atoms with Gasteiger partial charge >= 0.3 is 0 Å². The molecular weight excluding hydrogens is 294 g/mol. The van der Waals surface area contributed by atoms with Crippen LogP contribution in [0.1, 0.15) is 31.9 Å². The van der Waals surface area contributed by atoms with Crippen LogP contribution in [0.25, 0.3) is 0 Å². The standard InChI is InChI=1S/C17H27NO3Si/c1-5-9-18-15(19)12-10-14-17(21-14,11-13(12)16(18)20)22(6-2,7-3)8-4/h5,14,19-20H,1,6-11H2,2-4H3. The molecule has 1 fully saturated rings. The van der Waals surface area contributed by atoms with Gasteiger partial charge < -0.3 is 14.9 Å². The van der Waals surface area contributed by atoms with E-state index in [0.29, 0.717) is 6.54 Å². The van der Waals surface area contributed by atoms with Crippen LogP contribution in [-0.4, -0.2) is 34.2 Å². The van der Waals surface area contributed by atoms with Crippen LogP contribution in [0.3, 0.4) is 0 Å². The Labute approximate surface area is 133 Å². The Bertz CT molecular complexity index is 597. The molecule has 2 unspecified atom stereocenters. The monoisotopic (exact) mass is 321 g/mol. The van der Waals surface area contributed by atoms with Crippen LogP contribution in [-0.2, 0) is 24.1 Å². The van der Waals surface area contributed by atoms with Crippen molar-refractivity contribution < 1.29 is 14.9 Å². The van der Waals surface area contributed by atoms with E-state index in [9.17, 15) is 10.2 Å². The molecule has 0 spiro atoms. The van der Waals surface area contributed by atoms with E-state index in [2.05, 4.69) is 27.4 Å². The smallest absolute Gasteiger partial charge is 0.197 e. The molecule has 1 saturated heterocycles. The molecule has 0 aromatic carbocycles. The van der Waals surface area contributed by atoms with E-state index in [1.54, 1.807) is 10.6 Å². The van der Waals surface area contributed by atoms with Gasteiger partial charge in [0.1, 0.15) is 0 Å². The maximum atomic E-state index is 10.5. The van der Waals surface area contributed by atoms with Gasteiger partial charge in [0.05, 0.1) is 19.4 Å². The highest BCUT2D eigenvalue weighted by molar-refractivity contribution is 6.83. The molecule has 1 aromatic rings. The van der Waals surface area contributed by atoms with Crippen molar-refractivity contribution in [1.82, 2.24) is 4.57 Å². The number of rotatable bonds is 6. The third kappa shape index (κ3) is 1.78. The van der Waals surface area contributed by atoms with Crippen molar-refractivity contribution in [3.05, 3.63) is 23.8 Å². The molecule has 4 nitrogen and oxygen atoms in total. The minimum atomic E-state index is -1.53. The molecule has 0 amide bonds. The van der Waals surface area contributed by atoms with E-state index in [1.807, 2.05) is 0 Å². The predicted octanol–water partition coefficient (Wildman–Crippen LogP) is 3.37. The van der Waals surface area contributed by atoms with Gasteiger partial charge in [0.25, 0.3) is 0 Å². The van der Waals surface area contributed by atoms with E-state index in [1.165, 1.54) is 18.1 Å². The lowest BCUT2D eigenvalue weighted by Crippen LogP contribution is -2.53. The van der Waals surface area contributed by atoms with E-state index in [4.69, 9.17) is 4.74 Å². The molecule has 5 heteroatoms. The molecule has 0 bridgehead atoms. The Morgan fingerprint density at radius 3 is 2.36 bits per heavy atom. The second kappa shape index (κ2) is 5.17. The van der Waals surface area contributed by atoms with Crippen LogP contribution in [0.15, 0.2) is 12.7 Å². The summed E-state index contributed by atoms with van der Waals surface area (Å²) >= 11 is 0. The second-order valence-electron chi connectivity index (χ2n) is 6.72. The first-order valence-electron chi connectivity index (χ1n) is 8.41. The van der Waals surface area contributed by atoms with Crippen molar-refractivity contribution >= 4 is 8.07 Å². The lowest BCUT2D eigenvalue weighted by Gasteiger charge is -2.37. The number of aromatic hydroxyl groups is 2. The SMILES string of the molecule is C=CCn1c(O)c2c(c1O)CC1([Si](CC)(CC)CC)OC1C2. The first kappa shape index (κ1) is 15.7. The minimum Gasteiger partial charge on any atom is -0.494 e. The molecule has 2 aliphatic rings. The maximum absolute atomic E-state index is 10.5. The van der Waals surface area contributed by atoms with Gasteiger partial charge in [-0.25, -0.2) is 0 Å². The number of allylic oxidation sites excluding steroid dienone is 1. The van der Waals surface area contributed by atoms with Crippen LogP contribution in [0.2, 0.25) is 18.1 Å². The fourth-order valence-electron chi connectivity index (χ4n) is 4.73. The zero-order valence-corrected chi connectivity index (χ0v) is 14.9. The Kier molecular flexibility index (Phi) is 3.68. The summed E-state index contributed by atoms with van der Waals surface area (Å²) in [5.74, 6) is 0.389. The Morgan fingerprint density at radius 2 is 1.82 bits per heavy atom. The first-order chi connectivity index (χ1) is 10.5. The summed E-state index contributed by atoms with van der Waals surface area (Å²) in [6.45, 7) is 11.0. The Balaban J connectivity index is 2.03. The molecule has 1 aliphatic heterocycles. The molecule has 0 radical (unpaired) electrons. The lowest BCUT2D eigenvalue weighted by molar-refractivity contribution is 0.336. The quantitative estimate of drug-likeness (QED) is 0.480. The fourth-order valence-corrected chi connectivity index (χ4v) is 9.75. The topological polar surface area (TPSA) is 57.9 Å². The number of hydrogen-bond acceptors (Lipinski definition) is 3. The van der Waals surface area contributed by atoms with Gasteiger partial charge in [-0.3, -0.25) is 4.57 Å². The van der Waals surface area contributed by atoms with E-state index >= 15 is 0 Å². The van der Waals surface area contributed by atoms with Gasteiger partial charge in [-0.1, -0.05) is 45.0 Å². The molecule has 2 N–H and O–H groups in total. The molecule has 2 heterocycles. The van der Waals surface area contributed by atoms with Crippen LogP contribution >= 0.6 is 0 Å². The van der Waals surface area contributed by atoms with Crippen LogP contribution in [0.5, 0.6) is 11.8 Å². The van der Waals surface area contributed by atoms with Crippen molar-refractivity contribution in [2.75, 3.05) is 0 Å². The van der Waals surface area contributed by atoms with Crippen LogP contribution in [0.4, 0.5) is 0 Å². The average Bonchev–Trinajstić information content (AvgIpc) is 3.22. The van der Waals surface area contributed by atoms with Gasteiger partial charge in [-0.05, 0) is 0 Å². The Morgan fingerprint density at radius 1 is 1.23 bits per heavy atom. The largest absolute Gasteiger partial charge is 0.494 e. The number of fused-ring (bicyclic) bond motifs is 2. The van der Waals surface area contributed by atoms with Gasteiger partial charge in [0, 0.05) is 30.5 Å². The average molecular weight is 321 g/mol. The summed E-state index contributed by atoms with van der Waals surface area (Å²) in [7, 11) is -1.53. The minimum absolute atomic E-state index is 0.0253. The molecule has 2 atom stereocenters. The fraction of sp³-hybridized carbons (Fsp3) is 0.647. The summed E-state index contributed by atoms with van der Waals surface area (Å²) in [5, 5.41) is 20.9. The second-order valence-corrected chi connectivity index (χ2v) is 12.2. The van der Waals surface area contributed by atoms with Crippen LogP contribution in [0, 0.1) is 0 Å². The highest BCUT2D eigenvalue weighted by Gasteiger charge is 2.69. The molecule has 1 aromatic heterocycles.